The highest BCUT2D eigenvalue weighted by atomic mass is 16.2. The van der Waals surface area contributed by atoms with E-state index in [9.17, 15) is 4.79 Å². The Morgan fingerprint density at radius 1 is 1.35 bits per heavy atom. The van der Waals surface area contributed by atoms with Gasteiger partial charge in [0.1, 0.15) is 0 Å². The van der Waals surface area contributed by atoms with Crippen LogP contribution < -0.4 is 5.73 Å². The fourth-order valence-corrected chi connectivity index (χ4v) is 2.69. The summed E-state index contributed by atoms with van der Waals surface area (Å²) in [5.41, 5.74) is 7.38. The molecule has 0 bridgehead atoms. The first-order valence-electron chi connectivity index (χ1n) is 6.90. The second-order valence-corrected chi connectivity index (χ2v) is 5.03. The number of benzene rings is 1. The molecule has 2 heterocycles. The molecule has 0 saturated carbocycles. The summed E-state index contributed by atoms with van der Waals surface area (Å²) in [7, 11) is 0. The summed E-state index contributed by atoms with van der Waals surface area (Å²) in [6, 6.07) is 9.58. The molecule has 1 amide bonds. The summed E-state index contributed by atoms with van der Waals surface area (Å²) in [6.07, 6.45) is 5.66. The van der Waals surface area contributed by atoms with Crippen LogP contribution in [0.15, 0.2) is 42.7 Å². The SMILES string of the molecule is NCC1CCCN1C(=O)c1ccc(-n2cccn2)cc1. The van der Waals surface area contributed by atoms with E-state index in [-0.39, 0.29) is 11.9 Å². The van der Waals surface area contributed by atoms with Crippen LogP contribution in [0.5, 0.6) is 0 Å². The number of hydrogen-bond acceptors (Lipinski definition) is 3. The summed E-state index contributed by atoms with van der Waals surface area (Å²) in [6.45, 7) is 1.35. The van der Waals surface area contributed by atoms with E-state index in [1.54, 1.807) is 10.9 Å². The molecule has 5 nitrogen and oxygen atoms in total. The van der Waals surface area contributed by atoms with E-state index < -0.39 is 0 Å². The number of likely N-dealkylation sites (tertiary alicyclic amines) is 1. The van der Waals surface area contributed by atoms with Gasteiger partial charge in [-0.25, -0.2) is 4.68 Å². The van der Waals surface area contributed by atoms with Crippen molar-refractivity contribution in [2.45, 2.75) is 18.9 Å². The van der Waals surface area contributed by atoms with E-state index in [0.717, 1.165) is 25.1 Å². The number of carbonyl (C=O) groups is 1. The minimum absolute atomic E-state index is 0.0740. The molecule has 1 aromatic heterocycles. The van der Waals surface area contributed by atoms with Crippen LogP contribution in [0.2, 0.25) is 0 Å². The van der Waals surface area contributed by atoms with E-state index in [2.05, 4.69) is 5.10 Å². The minimum atomic E-state index is 0.0740. The monoisotopic (exact) mass is 270 g/mol. The van der Waals surface area contributed by atoms with E-state index in [0.29, 0.717) is 12.1 Å². The third-order valence-electron chi connectivity index (χ3n) is 3.79. The zero-order chi connectivity index (χ0) is 13.9. The Hall–Kier alpha value is -2.14. The third kappa shape index (κ3) is 2.32. The van der Waals surface area contributed by atoms with Crippen LogP contribution in [-0.2, 0) is 0 Å². The summed E-state index contributed by atoms with van der Waals surface area (Å²) < 4.78 is 1.77. The Bertz CT molecular complexity index is 576. The van der Waals surface area contributed by atoms with Gasteiger partial charge >= 0.3 is 0 Å². The molecule has 0 radical (unpaired) electrons. The van der Waals surface area contributed by atoms with Crippen LogP contribution in [0, 0.1) is 0 Å². The predicted molar refractivity (Wildman–Crippen MR) is 76.7 cm³/mol. The number of aromatic nitrogens is 2. The molecule has 1 saturated heterocycles. The molecule has 20 heavy (non-hydrogen) atoms. The third-order valence-corrected chi connectivity index (χ3v) is 3.79. The van der Waals surface area contributed by atoms with Gasteiger partial charge in [0.25, 0.3) is 5.91 Å². The average Bonchev–Trinajstić information content (AvgIpc) is 3.17. The van der Waals surface area contributed by atoms with Gasteiger partial charge in [-0.05, 0) is 43.2 Å². The Morgan fingerprint density at radius 3 is 2.80 bits per heavy atom. The first-order valence-corrected chi connectivity index (χ1v) is 6.90. The zero-order valence-electron chi connectivity index (χ0n) is 11.3. The number of nitrogens with zero attached hydrogens (tertiary/aromatic N) is 3. The van der Waals surface area contributed by atoms with Gasteiger partial charge in [0.05, 0.1) is 5.69 Å². The van der Waals surface area contributed by atoms with Gasteiger partial charge in [-0.15, -0.1) is 0 Å². The van der Waals surface area contributed by atoms with Crippen molar-refractivity contribution in [3.05, 3.63) is 48.3 Å². The molecule has 2 aromatic rings. The van der Waals surface area contributed by atoms with Crippen LogP contribution >= 0.6 is 0 Å². The maximum atomic E-state index is 12.5. The normalized spacial score (nSPS) is 18.4. The topological polar surface area (TPSA) is 64.2 Å². The fourth-order valence-electron chi connectivity index (χ4n) is 2.69. The van der Waals surface area contributed by atoms with Crippen LogP contribution in [0.25, 0.3) is 5.69 Å². The zero-order valence-corrected chi connectivity index (χ0v) is 11.3. The molecule has 1 aliphatic rings. The highest BCUT2D eigenvalue weighted by molar-refractivity contribution is 5.94. The number of carbonyl (C=O) groups excluding carboxylic acids is 1. The second kappa shape index (κ2) is 5.46. The summed E-state index contributed by atoms with van der Waals surface area (Å²) in [5, 5.41) is 4.17. The summed E-state index contributed by atoms with van der Waals surface area (Å²) in [5.74, 6) is 0.0740. The second-order valence-electron chi connectivity index (χ2n) is 5.03. The van der Waals surface area contributed by atoms with Crippen molar-refractivity contribution in [3.63, 3.8) is 0 Å². The van der Waals surface area contributed by atoms with Crippen molar-refractivity contribution < 1.29 is 4.79 Å². The van der Waals surface area contributed by atoms with Crippen LogP contribution in [0.3, 0.4) is 0 Å². The fraction of sp³-hybridized carbons (Fsp3) is 0.333. The molecule has 104 valence electrons. The number of rotatable bonds is 3. The molecule has 1 unspecified atom stereocenters. The predicted octanol–water partition coefficient (Wildman–Crippen LogP) is 1.44. The van der Waals surface area contributed by atoms with Crippen LogP contribution in [0.4, 0.5) is 0 Å². The molecule has 1 atom stereocenters. The number of hydrogen-bond donors (Lipinski definition) is 1. The smallest absolute Gasteiger partial charge is 0.254 e. The first kappa shape index (κ1) is 12.9. The number of amides is 1. The number of nitrogens with two attached hydrogens (primary N) is 1. The standard InChI is InChI=1S/C15H18N4O/c16-11-14-3-1-9-18(14)15(20)12-4-6-13(7-5-12)19-10-2-8-17-19/h2,4-8,10,14H,1,3,9,11,16H2. The molecule has 1 aliphatic heterocycles. The van der Waals surface area contributed by atoms with Gasteiger partial charge in [0.15, 0.2) is 0 Å². The van der Waals surface area contributed by atoms with Gasteiger partial charge in [-0.2, -0.15) is 5.10 Å². The molecule has 3 rings (SSSR count). The highest BCUT2D eigenvalue weighted by Crippen LogP contribution is 2.20. The Kier molecular flexibility index (Phi) is 3.52. The van der Waals surface area contributed by atoms with Crippen molar-refractivity contribution >= 4 is 5.91 Å². The molecule has 1 fully saturated rings. The Labute approximate surface area is 118 Å². The van der Waals surface area contributed by atoms with Gasteiger partial charge < -0.3 is 10.6 Å². The maximum absolute atomic E-state index is 12.5. The van der Waals surface area contributed by atoms with E-state index in [1.807, 2.05) is 41.4 Å². The minimum Gasteiger partial charge on any atom is -0.334 e. The van der Waals surface area contributed by atoms with Crippen LogP contribution in [-0.4, -0.2) is 39.7 Å². The van der Waals surface area contributed by atoms with Gasteiger partial charge in [0.2, 0.25) is 0 Å². The van der Waals surface area contributed by atoms with Gasteiger partial charge in [-0.1, -0.05) is 0 Å². The van der Waals surface area contributed by atoms with Gasteiger partial charge in [0, 0.05) is 37.1 Å². The largest absolute Gasteiger partial charge is 0.334 e. The lowest BCUT2D eigenvalue weighted by Crippen LogP contribution is -2.39. The maximum Gasteiger partial charge on any atom is 0.254 e. The lowest BCUT2D eigenvalue weighted by Gasteiger charge is -2.23. The van der Waals surface area contributed by atoms with Crippen molar-refractivity contribution in [1.29, 1.82) is 0 Å². The van der Waals surface area contributed by atoms with Crippen molar-refractivity contribution in [2.24, 2.45) is 5.73 Å². The highest BCUT2D eigenvalue weighted by Gasteiger charge is 2.28. The molecule has 2 N–H and O–H groups in total. The molecule has 5 heteroatoms. The summed E-state index contributed by atoms with van der Waals surface area (Å²) >= 11 is 0. The molecular formula is C15H18N4O. The summed E-state index contributed by atoms with van der Waals surface area (Å²) in [4.78, 5) is 14.4. The molecular weight excluding hydrogens is 252 g/mol. The molecule has 0 spiro atoms. The Balaban J connectivity index is 1.79. The van der Waals surface area contributed by atoms with Gasteiger partial charge in [-0.3, -0.25) is 4.79 Å². The van der Waals surface area contributed by atoms with Crippen molar-refractivity contribution in [3.8, 4) is 5.69 Å². The van der Waals surface area contributed by atoms with E-state index in [1.165, 1.54) is 0 Å². The first-order chi connectivity index (χ1) is 9.79. The van der Waals surface area contributed by atoms with Crippen molar-refractivity contribution in [2.75, 3.05) is 13.1 Å². The molecule has 1 aromatic carbocycles. The van der Waals surface area contributed by atoms with E-state index in [4.69, 9.17) is 5.73 Å². The lowest BCUT2D eigenvalue weighted by atomic mass is 10.1. The van der Waals surface area contributed by atoms with E-state index >= 15 is 0 Å². The lowest BCUT2D eigenvalue weighted by molar-refractivity contribution is 0.0741. The van der Waals surface area contributed by atoms with Crippen molar-refractivity contribution in [1.82, 2.24) is 14.7 Å². The molecule has 0 aliphatic carbocycles. The average molecular weight is 270 g/mol. The quantitative estimate of drug-likeness (QED) is 0.917. The Morgan fingerprint density at radius 2 is 2.15 bits per heavy atom. The van der Waals surface area contributed by atoms with Crippen LogP contribution in [0.1, 0.15) is 23.2 Å².